The predicted molar refractivity (Wildman–Crippen MR) is 99.4 cm³/mol. The van der Waals surface area contributed by atoms with Crippen LogP contribution in [0.2, 0.25) is 5.02 Å². The predicted octanol–water partition coefficient (Wildman–Crippen LogP) is 4.03. The van der Waals surface area contributed by atoms with Crippen molar-refractivity contribution < 1.29 is 18.7 Å². The molecule has 0 spiro atoms. The molecule has 3 rings (SSSR count). The van der Waals surface area contributed by atoms with E-state index in [0.29, 0.717) is 0 Å². The Morgan fingerprint density at radius 1 is 1.46 bits per heavy atom. The van der Waals surface area contributed by atoms with Crippen LogP contribution in [0.3, 0.4) is 0 Å². The van der Waals surface area contributed by atoms with Gasteiger partial charge in [-0.1, -0.05) is 11.6 Å². The summed E-state index contributed by atoms with van der Waals surface area (Å²) in [7, 11) is 0. The first kappa shape index (κ1) is 18.8. The lowest BCUT2D eigenvalue weighted by atomic mass is 10.1. The SMILES string of the molecule is CCOC(=O)c1cn(C2CC2)c2c(F)c(Br)c(Cl)c(NC(C)=O)c2c1=O. The van der Waals surface area contributed by atoms with Gasteiger partial charge in [-0.05, 0) is 35.7 Å². The van der Waals surface area contributed by atoms with E-state index < -0.39 is 23.1 Å². The molecule has 2 aromatic rings. The van der Waals surface area contributed by atoms with Gasteiger partial charge in [-0.15, -0.1) is 0 Å². The lowest BCUT2D eigenvalue weighted by molar-refractivity contribution is -0.114. The summed E-state index contributed by atoms with van der Waals surface area (Å²) >= 11 is 9.24. The quantitative estimate of drug-likeness (QED) is 0.569. The van der Waals surface area contributed by atoms with E-state index in [1.807, 2.05) is 0 Å². The van der Waals surface area contributed by atoms with Crippen molar-refractivity contribution in [2.75, 3.05) is 11.9 Å². The summed E-state index contributed by atoms with van der Waals surface area (Å²) in [6, 6.07) is -0.0426. The van der Waals surface area contributed by atoms with Crippen molar-refractivity contribution >= 4 is 56.0 Å². The highest BCUT2D eigenvalue weighted by molar-refractivity contribution is 9.10. The van der Waals surface area contributed by atoms with Crippen LogP contribution >= 0.6 is 27.5 Å². The average molecular weight is 446 g/mol. The molecule has 1 aliphatic rings. The Morgan fingerprint density at radius 3 is 2.65 bits per heavy atom. The summed E-state index contributed by atoms with van der Waals surface area (Å²) in [6.45, 7) is 2.95. The van der Waals surface area contributed by atoms with Gasteiger partial charge in [0.25, 0.3) is 0 Å². The van der Waals surface area contributed by atoms with Crippen molar-refractivity contribution in [1.82, 2.24) is 4.57 Å². The number of esters is 1. The number of carbonyl (C=O) groups is 2. The highest BCUT2D eigenvalue weighted by Gasteiger charge is 2.31. The first-order chi connectivity index (χ1) is 12.3. The fourth-order valence-corrected chi connectivity index (χ4v) is 3.41. The zero-order valence-corrected chi connectivity index (χ0v) is 16.3. The number of halogens is 3. The Hall–Kier alpha value is -1.93. The van der Waals surface area contributed by atoms with Crippen molar-refractivity contribution in [3.8, 4) is 0 Å². The van der Waals surface area contributed by atoms with E-state index in [9.17, 15) is 18.8 Å². The van der Waals surface area contributed by atoms with Crippen molar-refractivity contribution in [2.45, 2.75) is 32.7 Å². The average Bonchev–Trinajstić information content (AvgIpc) is 3.41. The topological polar surface area (TPSA) is 77.4 Å². The van der Waals surface area contributed by atoms with Crippen LogP contribution in [-0.2, 0) is 9.53 Å². The largest absolute Gasteiger partial charge is 0.462 e. The standard InChI is InChI=1S/C17H15BrClFN2O4/c1-3-26-17(25)9-6-22(8-4-5-8)15-10(16(9)24)14(21-7(2)23)12(19)11(18)13(15)20/h6,8H,3-5H2,1-2H3,(H,21,23). The summed E-state index contributed by atoms with van der Waals surface area (Å²) in [4.78, 5) is 36.8. The minimum absolute atomic E-state index is 0.00873. The molecule has 1 aromatic heterocycles. The molecule has 1 amide bonds. The molecule has 0 unspecified atom stereocenters. The van der Waals surface area contributed by atoms with Gasteiger partial charge < -0.3 is 14.6 Å². The van der Waals surface area contributed by atoms with Crippen LogP contribution < -0.4 is 10.7 Å². The summed E-state index contributed by atoms with van der Waals surface area (Å²) in [5.74, 6) is -2.01. The van der Waals surface area contributed by atoms with E-state index in [2.05, 4.69) is 21.2 Å². The molecule has 1 aliphatic carbocycles. The molecule has 0 bridgehead atoms. The van der Waals surface area contributed by atoms with Gasteiger partial charge >= 0.3 is 5.97 Å². The van der Waals surface area contributed by atoms with Crippen molar-refractivity contribution in [3.63, 3.8) is 0 Å². The molecule has 0 atom stereocenters. The summed E-state index contributed by atoms with van der Waals surface area (Å²) in [5, 5.41) is 2.18. The van der Waals surface area contributed by atoms with Crippen LogP contribution in [0.25, 0.3) is 10.9 Å². The van der Waals surface area contributed by atoms with Crippen molar-refractivity contribution in [2.24, 2.45) is 0 Å². The molecular weight excluding hydrogens is 431 g/mol. The number of hydrogen-bond donors (Lipinski definition) is 1. The van der Waals surface area contributed by atoms with E-state index in [4.69, 9.17) is 16.3 Å². The van der Waals surface area contributed by atoms with Gasteiger partial charge in [-0.3, -0.25) is 9.59 Å². The number of carbonyl (C=O) groups excluding carboxylic acids is 2. The minimum atomic E-state index is -0.804. The molecule has 1 saturated carbocycles. The number of rotatable bonds is 4. The number of hydrogen-bond acceptors (Lipinski definition) is 4. The molecule has 6 nitrogen and oxygen atoms in total. The monoisotopic (exact) mass is 444 g/mol. The molecule has 0 radical (unpaired) electrons. The fraction of sp³-hybridized carbons (Fsp3) is 0.353. The fourth-order valence-electron chi connectivity index (χ4n) is 2.80. The molecule has 26 heavy (non-hydrogen) atoms. The van der Waals surface area contributed by atoms with Crippen LogP contribution in [0.4, 0.5) is 10.1 Å². The smallest absolute Gasteiger partial charge is 0.343 e. The molecule has 1 aromatic carbocycles. The molecule has 1 N–H and O–H groups in total. The van der Waals surface area contributed by atoms with Crippen LogP contribution in [-0.4, -0.2) is 23.1 Å². The zero-order valence-electron chi connectivity index (χ0n) is 14.0. The zero-order chi connectivity index (χ0) is 19.2. The van der Waals surface area contributed by atoms with E-state index >= 15 is 0 Å². The highest BCUT2D eigenvalue weighted by Crippen LogP contribution is 2.43. The van der Waals surface area contributed by atoms with Gasteiger partial charge in [0, 0.05) is 19.2 Å². The molecule has 9 heteroatoms. The van der Waals surface area contributed by atoms with Crippen LogP contribution in [0, 0.1) is 5.82 Å². The Labute approximate surface area is 161 Å². The number of nitrogens with one attached hydrogen (secondary N) is 1. The number of nitrogens with zero attached hydrogens (tertiary/aromatic N) is 1. The number of amides is 1. The second-order valence-corrected chi connectivity index (χ2v) is 7.12. The van der Waals surface area contributed by atoms with E-state index in [1.54, 1.807) is 11.5 Å². The molecule has 1 fully saturated rings. The summed E-state index contributed by atoms with van der Waals surface area (Å²) < 4.78 is 21.4. The summed E-state index contributed by atoms with van der Waals surface area (Å²) in [5.41, 5.74) is -1.01. The Bertz CT molecular complexity index is 1000. The molecule has 138 valence electrons. The third-order valence-electron chi connectivity index (χ3n) is 4.03. The number of benzene rings is 1. The second-order valence-electron chi connectivity index (χ2n) is 5.95. The normalized spacial score (nSPS) is 13.7. The maximum atomic E-state index is 15.0. The Kier molecular flexibility index (Phi) is 5.07. The van der Waals surface area contributed by atoms with Crippen molar-refractivity contribution in [1.29, 1.82) is 0 Å². The van der Waals surface area contributed by atoms with Crippen LogP contribution in [0.15, 0.2) is 15.5 Å². The van der Waals surface area contributed by atoms with Gasteiger partial charge in [0.05, 0.1) is 32.7 Å². The lowest BCUT2D eigenvalue weighted by Crippen LogP contribution is -2.23. The summed E-state index contributed by atoms with van der Waals surface area (Å²) in [6.07, 6.45) is 2.89. The van der Waals surface area contributed by atoms with Crippen LogP contribution in [0.1, 0.15) is 43.1 Å². The lowest BCUT2D eigenvalue weighted by Gasteiger charge is -2.18. The van der Waals surface area contributed by atoms with Gasteiger partial charge in [0.15, 0.2) is 5.82 Å². The van der Waals surface area contributed by atoms with Crippen LogP contribution in [0.5, 0.6) is 0 Å². The first-order valence-corrected chi connectivity index (χ1v) is 9.15. The molecule has 0 aliphatic heterocycles. The maximum absolute atomic E-state index is 15.0. The van der Waals surface area contributed by atoms with Gasteiger partial charge in [-0.2, -0.15) is 0 Å². The maximum Gasteiger partial charge on any atom is 0.343 e. The Balaban J connectivity index is 2.48. The number of fused-ring (bicyclic) bond motifs is 1. The second kappa shape index (κ2) is 7.00. The van der Waals surface area contributed by atoms with E-state index in [0.717, 1.165) is 12.8 Å². The molecule has 1 heterocycles. The highest BCUT2D eigenvalue weighted by atomic mass is 79.9. The van der Waals surface area contributed by atoms with Crippen molar-refractivity contribution in [3.05, 3.63) is 37.3 Å². The van der Waals surface area contributed by atoms with Gasteiger partial charge in [0.1, 0.15) is 5.56 Å². The number of ether oxygens (including phenoxy) is 1. The molecular formula is C17H15BrClFN2O4. The number of pyridine rings is 1. The number of anilines is 1. The number of aromatic nitrogens is 1. The van der Waals surface area contributed by atoms with E-state index in [-0.39, 0.29) is 44.3 Å². The van der Waals surface area contributed by atoms with E-state index in [1.165, 1.54) is 13.1 Å². The van der Waals surface area contributed by atoms with Gasteiger partial charge in [0.2, 0.25) is 11.3 Å². The third-order valence-corrected chi connectivity index (χ3v) is 5.39. The first-order valence-electron chi connectivity index (χ1n) is 7.97. The Morgan fingerprint density at radius 2 is 2.12 bits per heavy atom. The van der Waals surface area contributed by atoms with Gasteiger partial charge in [-0.25, -0.2) is 9.18 Å². The molecule has 0 saturated heterocycles. The minimum Gasteiger partial charge on any atom is -0.462 e. The third kappa shape index (κ3) is 3.12.